The van der Waals surface area contributed by atoms with Crippen LogP contribution in [0.15, 0.2) is 200 Å². The molecule has 0 aliphatic heterocycles. The van der Waals surface area contributed by atoms with Crippen LogP contribution in [0.5, 0.6) is 0 Å². The van der Waals surface area contributed by atoms with Crippen LogP contribution in [0.1, 0.15) is 0 Å². The first-order valence-electron chi connectivity index (χ1n) is 19.0. The van der Waals surface area contributed by atoms with Gasteiger partial charge in [0.1, 0.15) is 0 Å². The Hall–Kier alpha value is -7.49. The van der Waals surface area contributed by atoms with E-state index in [4.69, 9.17) is 15.0 Å². The molecule has 3 nitrogen and oxygen atoms in total. The molecule has 0 bridgehead atoms. The van der Waals surface area contributed by atoms with E-state index in [1.807, 2.05) is 6.07 Å². The lowest BCUT2D eigenvalue weighted by Gasteiger charge is -2.17. The van der Waals surface area contributed by atoms with E-state index >= 15 is 0 Å². The molecule has 11 rings (SSSR count). The maximum atomic E-state index is 5.31. The van der Waals surface area contributed by atoms with Crippen molar-refractivity contribution in [1.82, 2.24) is 15.0 Å². The fraction of sp³-hybridized carbons (Fsp3) is 0. The summed E-state index contributed by atoms with van der Waals surface area (Å²) in [4.78, 5) is 15.8. The summed E-state index contributed by atoms with van der Waals surface area (Å²) in [6.07, 6.45) is 0. The van der Waals surface area contributed by atoms with Crippen LogP contribution in [0.2, 0.25) is 0 Å². The van der Waals surface area contributed by atoms with E-state index in [2.05, 4.69) is 194 Å². The quantitative estimate of drug-likeness (QED) is 0.132. The fourth-order valence-corrected chi connectivity index (χ4v) is 8.44. The molecule has 3 heteroatoms. The minimum absolute atomic E-state index is 0.637. The molecule has 0 aliphatic carbocycles. The highest BCUT2D eigenvalue weighted by molar-refractivity contribution is 6.23. The summed E-state index contributed by atoms with van der Waals surface area (Å²) in [6, 6.07) is 71.2. The van der Waals surface area contributed by atoms with Crippen LogP contribution >= 0.6 is 0 Å². The highest BCUT2D eigenvalue weighted by atomic mass is 15.0. The number of benzene rings is 10. The Morgan fingerprint density at radius 2 is 0.786 bits per heavy atom. The van der Waals surface area contributed by atoms with E-state index in [1.165, 1.54) is 48.8 Å². The van der Waals surface area contributed by atoms with Crippen molar-refractivity contribution in [2.45, 2.75) is 0 Å². The maximum absolute atomic E-state index is 5.31. The van der Waals surface area contributed by atoms with E-state index < -0.39 is 0 Å². The summed E-state index contributed by atoms with van der Waals surface area (Å²) in [5.74, 6) is 1.91. The topological polar surface area (TPSA) is 38.7 Å². The predicted octanol–water partition coefficient (Wildman–Crippen LogP) is 14.0. The molecule has 0 saturated heterocycles. The Labute approximate surface area is 324 Å². The normalized spacial score (nSPS) is 11.6. The van der Waals surface area contributed by atoms with Crippen molar-refractivity contribution in [3.8, 4) is 56.4 Å². The van der Waals surface area contributed by atoms with E-state index in [-0.39, 0.29) is 0 Å². The van der Waals surface area contributed by atoms with Gasteiger partial charge >= 0.3 is 0 Å². The number of aromatic nitrogens is 3. The van der Waals surface area contributed by atoms with Gasteiger partial charge in [0.15, 0.2) is 17.5 Å². The summed E-state index contributed by atoms with van der Waals surface area (Å²) in [7, 11) is 0. The molecule has 0 aliphatic rings. The molecule has 11 aromatic rings. The highest BCUT2D eigenvalue weighted by Crippen LogP contribution is 2.44. The molecule has 0 radical (unpaired) electrons. The average molecular weight is 712 g/mol. The van der Waals surface area contributed by atoms with Gasteiger partial charge < -0.3 is 0 Å². The van der Waals surface area contributed by atoms with Crippen molar-refractivity contribution in [2.75, 3.05) is 0 Å². The number of fused-ring (bicyclic) bond motifs is 6. The van der Waals surface area contributed by atoms with E-state index in [9.17, 15) is 0 Å². The minimum Gasteiger partial charge on any atom is -0.208 e. The smallest absolute Gasteiger partial charge is 0.164 e. The number of hydrogen-bond acceptors (Lipinski definition) is 3. The first-order valence-corrected chi connectivity index (χ1v) is 19.0. The molecule has 0 unspecified atom stereocenters. The third-order valence-corrected chi connectivity index (χ3v) is 11.1. The van der Waals surface area contributed by atoms with Crippen molar-refractivity contribution in [2.24, 2.45) is 0 Å². The van der Waals surface area contributed by atoms with Gasteiger partial charge in [-0.2, -0.15) is 0 Å². The van der Waals surface area contributed by atoms with Crippen molar-refractivity contribution >= 4 is 53.9 Å². The highest BCUT2D eigenvalue weighted by Gasteiger charge is 2.20. The summed E-state index contributed by atoms with van der Waals surface area (Å²) in [5.41, 5.74) is 7.46. The van der Waals surface area contributed by atoms with Crippen LogP contribution in [0.4, 0.5) is 0 Å². The third-order valence-electron chi connectivity index (χ3n) is 11.1. The molecule has 260 valence electrons. The van der Waals surface area contributed by atoms with Crippen LogP contribution in [-0.2, 0) is 0 Å². The summed E-state index contributed by atoms with van der Waals surface area (Å²) in [6.45, 7) is 0. The predicted molar refractivity (Wildman–Crippen MR) is 235 cm³/mol. The second-order valence-electron chi connectivity index (χ2n) is 14.3. The van der Waals surface area contributed by atoms with Crippen molar-refractivity contribution in [3.63, 3.8) is 0 Å². The summed E-state index contributed by atoms with van der Waals surface area (Å²) >= 11 is 0. The van der Waals surface area contributed by atoms with Gasteiger partial charge in [-0.15, -0.1) is 0 Å². The minimum atomic E-state index is 0.637. The Balaban J connectivity index is 1.17. The lowest BCUT2D eigenvalue weighted by molar-refractivity contribution is 1.08. The van der Waals surface area contributed by atoms with Gasteiger partial charge in [-0.3, -0.25) is 0 Å². The molecule has 0 amide bonds. The number of hydrogen-bond donors (Lipinski definition) is 0. The van der Waals surface area contributed by atoms with E-state index in [0.29, 0.717) is 17.5 Å². The summed E-state index contributed by atoms with van der Waals surface area (Å²) < 4.78 is 0. The Morgan fingerprint density at radius 1 is 0.232 bits per heavy atom. The molecule has 1 aromatic heterocycles. The molecule has 56 heavy (non-hydrogen) atoms. The average Bonchev–Trinajstić information content (AvgIpc) is 3.28. The van der Waals surface area contributed by atoms with Crippen molar-refractivity contribution in [3.05, 3.63) is 200 Å². The Bertz CT molecular complexity index is 3310. The summed E-state index contributed by atoms with van der Waals surface area (Å²) in [5, 5.41) is 12.0. The molecular weight excluding hydrogens is 679 g/mol. The molecule has 1 heterocycles. The fourth-order valence-electron chi connectivity index (χ4n) is 8.44. The molecule has 10 aromatic carbocycles. The van der Waals surface area contributed by atoms with Crippen LogP contribution < -0.4 is 0 Å². The van der Waals surface area contributed by atoms with Gasteiger partial charge in [0.05, 0.1) is 0 Å². The maximum Gasteiger partial charge on any atom is 0.164 e. The molecular formula is C53H33N3. The first kappa shape index (κ1) is 32.0. The Morgan fingerprint density at radius 3 is 1.59 bits per heavy atom. The van der Waals surface area contributed by atoms with Crippen LogP contribution in [0, 0.1) is 0 Å². The molecule has 0 atom stereocenters. The van der Waals surface area contributed by atoms with Crippen molar-refractivity contribution in [1.29, 1.82) is 0 Å². The lowest BCUT2D eigenvalue weighted by Crippen LogP contribution is -2.02. The zero-order valence-corrected chi connectivity index (χ0v) is 30.4. The van der Waals surface area contributed by atoms with Crippen LogP contribution in [-0.4, -0.2) is 15.0 Å². The monoisotopic (exact) mass is 711 g/mol. The van der Waals surface area contributed by atoms with Crippen LogP contribution in [0.25, 0.3) is 110 Å². The Kier molecular flexibility index (Phi) is 7.49. The van der Waals surface area contributed by atoms with Gasteiger partial charge in [0, 0.05) is 16.7 Å². The van der Waals surface area contributed by atoms with Gasteiger partial charge in [-0.05, 0) is 94.3 Å². The van der Waals surface area contributed by atoms with Gasteiger partial charge in [-0.1, -0.05) is 182 Å². The largest absolute Gasteiger partial charge is 0.208 e. The van der Waals surface area contributed by atoms with Crippen molar-refractivity contribution < 1.29 is 0 Å². The molecule has 0 fully saturated rings. The van der Waals surface area contributed by atoms with Gasteiger partial charge in [0.25, 0.3) is 0 Å². The second-order valence-corrected chi connectivity index (χ2v) is 14.3. The van der Waals surface area contributed by atoms with Gasteiger partial charge in [-0.25, -0.2) is 15.0 Å². The number of rotatable bonds is 5. The van der Waals surface area contributed by atoms with E-state index in [0.717, 1.165) is 44.0 Å². The molecule has 0 N–H and O–H groups in total. The standard InChI is InChI=1S/C53H33N3/c1-2-15-35(16-3-1)40-20-10-13-25-47(40)52-54-51(39-27-26-34-14-4-5-18-37(34)32-39)55-53(56-52)48-31-30-45(43-23-11-12-24-44(43)48)50-42-22-9-7-19-38(42)33-49-41-21-8-6-17-36(41)28-29-46(49)50/h1-33H. The zero-order chi connectivity index (χ0) is 37.0. The first-order chi connectivity index (χ1) is 27.8. The van der Waals surface area contributed by atoms with Crippen LogP contribution in [0.3, 0.4) is 0 Å². The number of nitrogens with zero attached hydrogens (tertiary/aromatic N) is 3. The van der Waals surface area contributed by atoms with Gasteiger partial charge in [0.2, 0.25) is 0 Å². The SMILES string of the molecule is c1ccc(-c2ccccc2-c2nc(-c3ccc4ccccc4c3)nc(-c3ccc(-c4c5ccccc5cc5c4ccc4ccccc45)c4ccccc34)n2)cc1. The second kappa shape index (κ2) is 13.1. The molecule has 0 saturated carbocycles. The third kappa shape index (κ3) is 5.32. The zero-order valence-electron chi connectivity index (χ0n) is 30.4. The van der Waals surface area contributed by atoms with E-state index in [1.54, 1.807) is 0 Å². The lowest BCUT2D eigenvalue weighted by atomic mass is 9.87. The molecule has 0 spiro atoms.